The van der Waals surface area contributed by atoms with Gasteiger partial charge in [0.2, 0.25) is 0 Å². The molecule has 0 saturated heterocycles. The summed E-state index contributed by atoms with van der Waals surface area (Å²) < 4.78 is 30.9. The molecule has 0 atom stereocenters. The third kappa shape index (κ3) is 2.83. The van der Waals surface area contributed by atoms with E-state index in [1.807, 2.05) is 0 Å². The van der Waals surface area contributed by atoms with E-state index in [4.69, 9.17) is 9.15 Å². The normalized spacial score (nSPS) is 9.05. The van der Waals surface area contributed by atoms with E-state index in [0.29, 0.717) is 16.6 Å². The Hall–Kier alpha value is -2.55. The Morgan fingerprint density at radius 3 is 2.84 bits per heavy atom. The number of aryl methyl sites for hydroxylation is 1. The molecule has 1 aromatic heterocycles. The maximum absolute atomic E-state index is 11.8. The quantitative estimate of drug-likeness (QED) is 0.299. The van der Waals surface area contributed by atoms with Crippen LogP contribution in [0.15, 0.2) is 17.5 Å². The van der Waals surface area contributed by atoms with Crippen LogP contribution < -0.4 is 4.69 Å². The van der Waals surface area contributed by atoms with Gasteiger partial charge in [-0.05, 0) is 0 Å². The minimum Gasteiger partial charge on any atom is 0 e. The molecular formula is C8H6BF3N5O2+. The van der Waals surface area contributed by atoms with Gasteiger partial charge in [0.15, 0.2) is 0 Å². The molecule has 0 amide bonds. The summed E-state index contributed by atoms with van der Waals surface area (Å²) in [4.78, 5) is 17.0. The number of H-pyrrole nitrogens is 1. The van der Waals surface area contributed by atoms with Crippen LogP contribution in [-0.2, 0) is 0 Å². The summed E-state index contributed by atoms with van der Waals surface area (Å²) in [6.45, 7) is 1.59. The molecule has 0 saturated carbocycles. The predicted molar refractivity (Wildman–Crippen MR) is 60.8 cm³/mol. The zero-order valence-electron chi connectivity index (χ0n) is 9.47. The second-order valence-electron chi connectivity index (χ2n) is 3.24. The first kappa shape index (κ1) is 14.5. The molecule has 7 nitrogen and oxygen atoms in total. The van der Waals surface area contributed by atoms with Crippen LogP contribution in [0.1, 0.15) is 5.56 Å². The van der Waals surface area contributed by atoms with E-state index in [9.17, 15) is 14.4 Å². The number of rotatable bonds is 2. The van der Waals surface area contributed by atoms with Gasteiger partial charge in [-0.3, -0.25) is 0 Å². The summed E-state index contributed by atoms with van der Waals surface area (Å²) in [5.74, 6) is 0. The van der Waals surface area contributed by atoms with Crippen LogP contribution in [-0.4, -0.2) is 22.2 Å². The molecule has 0 aliphatic rings. The van der Waals surface area contributed by atoms with E-state index in [0.717, 1.165) is 0 Å². The minimum absolute atomic E-state index is 0.00783. The smallest absolute Gasteiger partial charge is 0 e. The SMILES string of the molecule is Cc1c([N+](=O)[O-])cc(N=[N+]=BF)c2[nH]cnc12.FF. The molecule has 0 radical (unpaired) electrons. The van der Waals surface area contributed by atoms with Crippen molar-refractivity contribution >= 4 is 29.8 Å². The van der Waals surface area contributed by atoms with Crippen LogP contribution >= 0.6 is 0 Å². The molecule has 2 rings (SSSR count). The number of fused-ring (bicyclic) bond motifs is 1. The van der Waals surface area contributed by atoms with Crippen molar-refractivity contribution in [2.75, 3.05) is 0 Å². The summed E-state index contributed by atoms with van der Waals surface area (Å²) in [7, 11) is 0.00783. The number of nitro groups is 1. The van der Waals surface area contributed by atoms with E-state index in [1.165, 1.54) is 12.4 Å². The number of aromatic amines is 1. The zero-order chi connectivity index (χ0) is 14.4. The van der Waals surface area contributed by atoms with Crippen molar-refractivity contribution in [3.63, 3.8) is 0 Å². The zero-order valence-corrected chi connectivity index (χ0v) is 9.47. The van der Waals surface area contributed by atoms with E-state index in [1.54, 1.807) is 6.92 Å². The average Bonchev–Trinajstić information content (AvgIpc) is 2.90. The van der Waals surface area contributed by atoms with Gasteiger partial charge in [0.05, 0.1) is 0 Å². The summed E-state index contributed by atoms with van der Waals surface area (Å²) in [6.07, 6.45) is 1.39. The van der Waals surface area contributed by atoms with Gasteiger partial charge in [-0.15, -0.1) is 0 Å². The fraction of sp³-hybridized carbons (Fsp3) is 0.125. The second kappa shape index (κ2) is 6.40. The Morgan fingerprint density at radius 2 is 2.26 bits per heavy atom. The summed E-state index contributed by atoms with van der Waals surface area (Å²) in [5, 5.41) is 14.4. The van der Waals surface area contributed by atoms with Gasteiger partial charge in [0, 0.05) is 9.15 Å². The van der Waals surface area contributed by atoms with E-state index < -0.39 is 4.92 Å². The van der Waals surface area contributed by atoms with Crippen LogP contribution in [0.5, 0.6) is 0 Å². The fourth-order valence-electron chi connectivity index (χ4n) is 1.56. The van der Waals surface area contributed by atoms with Gasteiger partial charge in [-0.2, -0.15) is 0 Å². The van der Waals surface area contributed by atoms with Crippen LogP contribution in [0, 0.1) is 17.0 Å². The number of halogens is 3. The Morgan fingerprint density at radius 1 is 1.58 bits per heavy atom. The van der Waals surface area contributed by atoms with Crippen molar-refractivity contribution in [2.24, 2.45) is 5.11 Å². The van der Waals surface area contributed by atoms with Crippen LogP contribution in [0.2, 0.25) is 0 Å². The topological polar surface area (TPSA) is 98.3 Å². The first-order valence-corrected chi connectivity index (χ1v) is 4.73. The molecule has 0 spiro atoms. The largest absolute Gasteiger partial charge is 0 e. The molecule has 0 aliphatic carbocycles. The van der Waals surface area contributed by atoms with E-state index >= 15 is 0 Å². The first-order valence-electron chi connectivity index (χ1n) is 4.73. The van der Waals surface area contributed by atoms with Crippen molar-refractivity contribution in [3.05, 3.63) is 28.1 Å². The third-order valence-corrected chi connectivity index (χ3v) is 2.31. The number of hydrogen-bond donors (Lipinski definition) is 1. The molecule has 2 aromatic rings. The first-order chi connectivity index (χ1) is 9.15. The molecule has 11 heteroatoms. The Labute approximate surface area is 104 Å². The minimum atomic E-state index is -0.540. The molecule has 0 aliphatic heterocycles. The maximum atomic E-state index is 11.8. The van der Waals surface area contributed by atoms with Gasteiger partial charge >= 0.3 is 93.8 Å². The molecular weight excluding hydrogens is 266 g/mol. The Balaban J connectivity index is 0.000000861. The Kier molecular flexibility index (Phi) is 4.89. The van der Waals surface area contributed by atoms with Crippen LogP contribution in [0.3, 0.4) is 0 Å². The molecule has 98 valence electrons. The van der Waals surface area contributed by atoms with E-state index in [2.05, 4.69) is 19.8 Å². The van der Waals surface area contributed by atoms with Crippen molar-refractivity contribution in [3.8, 4) is 0 Å². The monoisotopic (exact) mass is 272 g/mol. The van der Waals surface area contributed by atoms with Gasteiger partial charge in [0.1, 0.15) is 0 Å². The fourth-order valence-corrected chi connectivity index (χ4v) is 1.56. The molecule has 0 bridgehead atoms. The number of nitro benzene ring substituents is 1. The number of nitrogens with one attached hydrogen (secondary N) is 1. The van der Waals surface area contributed by atoms with Crippen LogP contribution in [0.4, 0.5) is 24.8 Å². The average molecular weight is 272 g/mol. The van der Waals surface area contributed by atoms with Gasteiger partial charge in [-0.25, -0.2) is 0 Å². The number of benzene rings is 1. The third-order valence-electron chi connectivity index (χ3n) is 2.31. The molecule has 1 heterocycles. The Bertz CT molecular complexity index is 668. The molecule has 0 unspecified atom stereocenters. The number of imidazole rings is 1. The number of hydrogen-bond acceptors (Lipinski definition) is 4. The van der Waals surface area contributed by atoms with Gasteiger partial charge in [-0.1, -0.05) is 0 Å². The molecule has 19 heavy (non-hydrogen) atoms. The second-order valence-corrected chi connectivity index (χ2v) is 3.24. The van der Waals surface area contributed by atoms with Gasteiger partial charge in [0.25, 0.3) is 0 Å². The molecule has 1 aromatic carbocycles. The summed E-state index contributed by atoms with van der Waals surface area (Å²) in [5.41, 5.74) is 1.38. The van der Waals surface area contributed by atoms with Crippen LogP contribution in [0.25, 0.3) is 11.0 Å². The maximum Gasteiger partial charge on any atom is 0 e. The molecule has 0 fully saturated rings. The van der Waals surface area contributed by atoms with Crippen molar-refractivity contribution in [1.82, 2.24) is 14.7 Å². The van der Waals surface area contributed by atoms with E-state index in [-0.39, 0.29) is 18.7 Å². The van der Waals surface area contributed by atoms with Crippen molar-refractivity contribution < 1.29 is 18.4 Å². The number of aromatic nitrogens is 2. The predicted octanol–water partition coefficient (Wildman–Crippen LogP) is 2.54. The molecule has 1 N–H and O–H groups in total. The van der Waals surface area contributed by atoms with Gasteiger partial charge < -0.3 is 0 Å². The number of nitrogens with zero attached hydrogens (tertiary/aromatic N) is 4. The summed E-state index contributed by atoms with van der Waals surface area (Å²) >= 11 is 0. The van der Waals surface area contributed by atoms with Crippen molar-refractivity contribution in [2.45, 2.75) is 6.92 Å². The van der Waals surface area contributed by atoms with Crippen molar-refractivity contribution in [1.29, 1.82) is 0 Å². The standard InChI is InChI=1S/C8H5BFN5O2.F2/c1-4-6(15(16)17)2-5(13-14-9-10)8-7(4)11-3-12-8;1-2/h2-3H,1H3;/p+1. The summed E-state index contributed by atoms with van der Waals surface area (Å²) in [6, 6.07) is 1.23.